The second-order valence-corrected chi connectivity index (χ2v) is 17.3. The van der Waals surface area contributed by atoms with Crippen LogP contribution in [0.1, 0.15) is 0 Å². The number of rotatable bonds is 4. The third-order valence-corrected chi connectivity index (χ3v) is 14.0. The maximum Gasteiger partial charge on any atom is 0.137 e. The molecule has 0 aliphatic heterocycles. The summed E-state index contributed by atoms with van der Waals surface area (Å²) in [6.45, 7) is 0. The van der Waals surface area contributed by atoms with Crippen LogP contribution >= 0.6 is 0 Å². The Morgan fingerprint density at radius 3 is 1.31 bits per heavy atom. The van der Waals surface area contributed by atoms with E-state index < -0.39 is 0 Å². The molecule has 0 aliphatic carbocycles. The highest BCUT2D eigenvalue weighted by atomic mass is 16.3. The molecular formula is C60H35N3O. The van der Waals surface area contributed by atoms with Gasteiger partial charge in [0.05, 0.1) is 38.6 Å². The molecule has 0 atom stereocenters. The van der Waals surface area contributed by atoms with Crippen molar-refractivity contribution >= 4 is 104 Å². The van der Waals surface area contributed by atoms with Crippen molar-refractivity contribution in [3.63, 3.8) is 0 Å². The predicted molar refractivity (Wildman–Crippen MR) is 268 cm³/mol. The molecule has 15 rings (SSSR count). The molecule has 0 spiro atoms. The van der Waals surface area contributed by atoms with E-state index >= 15 is 0 Å². The molecule has 4 nitrogen and oxygen atoms in total. The zero-order chi connectivity index (χ0) is 41.6. The van der Waals surface area contributed by atoms with Gasteiger partial charge < -0.3 is 18.0 Å². The Hall–Kier alpha value is -8.60. The van der Waals surface area contributed by atoms with Gasteiger partial charge in [0, 0.05) is 71.3 Å². The van der Waals surface area contributed by atoms with Crippen molar-refractivity contribution in [3.05, 3.63) is 212 Å². The minimum atomic E-state index is 0.897. The summed E-state index contributed by atoms with van der Waals surface area (Å²) in [6.07, 6.45) is 0. The van der Waals surface area contributed by atoms with Crippen molar-refractivity contribution in [1.82, 2.24) is 13.5 Å². The normalized spacial score (nSPS) is 12.4. The number of furan rings is 1. The zero-order valence-electron chi connectivity index (χ0n) is 34.5. The Morgan fingerprint density at radius 1 is 0.250 bits per heavy atom. The van der Waals surface area contributed by atoms with Crippen LogP contribution in [-0.4, -0.2) is 13.5 Å². The Balaban J connectivity index is 0.817. The lowest BCUT2D eigenvalue weighted by Crippen LogP contribution is -1.94. The highest BCUT2D eigenvalue weighted by Gasteiger charge is 2.20. The maximum atomic E-state index is 6.32. The fourth-order valence-corrected chi connectivity index (χ4v) is 11.1. The van der Waals surface area contributed by atoms with Gasteiger partial charge in [-0.05, 0) is 95.1 Å². The summed E-state index contributed by atoms with van der Waals surface area (Å²) in [5, 5.41) is 12.4. The first-order valence-electron chi connectivity index (χ1n) is 22.0. The Labute approximate surface area is 366 Å². The molecule has 0 unspecified atom stereocenters. The summed E-state index contributed by atoms with van der Waals surface area (Å²) in [6, 6.07) is 77.8. The fraction of sp³-hybridized carbons (Fsp3) is 0. The van der Waals surface area contributed by atoms with Crippen LogP contribution in [0.15, 0.2) is 217 Å². The highest BCUT2D eigenvalue weighted by molar-refractivity contribution is 6.23. The molecule has 0 amide bonds. The standard InChI is InChI=1S/C60H35N3O/c1-7-18-54-42(10-1)48-14-9-15-49-45-28-26-40(34-57(45)63(54)60(48)49)61-52-16-5-2-11-43(52)50-32-38(24-30-55(50)61)36-20-22-37(23-21-36)39-25-31-56-51(33-39)44-12-3-6-17-53(44)62(56)41-27-29-47-46-13-4-8-19-58(46)64-59(47)35-41/h1-35H. The molecule has 296 valence electrons. The quantitative estimate of drug-likeness (QED) is 0.174. The van der Waals surface area contributed by atoms with Gasteiger partial charge in [0.25, 0.3) is 0 Å². The van der Waals surface area contributed by atoms with Crippen LogP contribution in [0, 0.1) is 0 Å². The third-order valence-electron chi connectivity index (χ3n) is 14.0. The summed E-state index contributed by atoms with van der Waals surface area (Å²) in [5.41, 5.74) is 17.4. The summed E-state index contributed by atoms with van der Waals surface area (Å²) in [4.78, 5) is 0. The summed E-state index contributed by atoms with van der Waals surface area (Å²) < 4.78 is 13.6. The number of hydrogen-bond acceptors (Lipinski definition) is 1. The van der Waals surface area contributed by atoms with Crippen molar-refractivity contribution in [2.45, 2.75) is 0 Å². The SMILES string of the molecule is c1ccc2c(c1)oc1cc(-n3c4ccccc4c4cc(-c5ccc(-c6ccc7c(c6)c6ccccc6n7-c6ccc7c8cccc9c%10ccccc%10n(c7c6)c98)cc5)ccc43)ccc12. The molecule has 0 fully saturated rings. The van der Waals surface area contributed by atoms with Gasteiger partial charge >= 0.3 is 0 Å². The van der Waals surface area contributed by atoms with Gasteiger partial charge in [-0.3, -0.25) is 0 Å². The predicted octanol–water partition coefficient (Wildman–Crippen LogP) is 16.3. The highest BCUT2D eigenvalue weighted by Crippen LogP contribution is 2.42. The van der Waals surface area contributed by atoms with Gasteiger partial charge in [-0.25, -0.2) is 0 Å². The van der Waals surface area contributed by atoms with E-state index in [0.717, 1.165) is 33.3 Å². The first-order valence-corrected chi connectivity index (χ1v) is 22.0. The van der Waals surface area contributed by atoms with E-state index in [1.165, 1.54) is 104 Å². The molecule has 10 aromatic carbocycles. The van der Waals surface area contributed by atoms with Crippen molar-refractivity contribution < 1.29 is 4.42 Å². The lowest BCUT2D eigenvalue weighted by Gasteiger charge is -2.10. The Morgan fingerprint density at radius 2 is 0.688 bits per heavy atom. The number of para-hydroxylation sites is 5. The molecule has 0 radical (unpaired) electrons. The minimum absolute atomic E-state index is 0.897. The third kappa shape index (κ3) is 4.56. The number of nitrogens with zero attached hydrogens (tertiary/aromatic N) is 3. The Kier molecular flexibility index (Phi) is 6.65. The number of aromatic nitrogens is 3. The largest absolute Gasteiger partial charge is 0.456 e. The van der Waals surface area contributed by atoms with E-state index in [1.807, 2.05) is 12.1 Å². The van der Waals surface area contributed by atoms with Crippen LogP contribution in [0.25, 0.3) is 137 Å². The fourth-order valence-electron chi connectivity index (χ4n) is 11.1. The summed E-state index contributed by atoms with van der Waals surface area (Å²) >= 11 is 0. The van der Waals surface area contributed by atoms with Crippen LogP contribution in [0.3, 0.4) is 0 Å². The van der Waals surface area contributed by atoms with Gasteiger partial charge in [0.2, 0.25) is 0 Å². The molecule has 0 saturated heterocycles. The summed E-state index contributed by atoms with van der Waals surface area (Å²) in [7, 11) is 0. The zero-order valence-corrected chi connectivity index (χ0v) is 34.5. The average molecular weight is 814 g/mol. The van der Waals surface area contributed by atoms with Gasteiger partial charge in [-0.1, -0.05) is 133 Å². The molecule has 15 aromatic rings. The summed E-state index contributed by atoms with van der Waals surface area (Å²) in [5.74, 6) is 0. The maximum absolute atomic E-state index is 6.32. The van der Waals surface area contributed by atoms with Crippen molar-refractivity contribution in [3.8, 4) is 33.6 Å². The second-order valence-electron chi connectivity index (χ2n) is 17.3. The van der Waals surface area contributed by atoms with Gasteiger partial charge in [0.1, 0.15) is 11.2 Å². The van der Waals surface area contributed by atoms with Crippen molar-refractivity contribution in [2.75, 3.05) is 0 Å². The van der Waals surface area contributed by atoms with Crippen LogP contribution < -0.4 is 0 Å². The molecule has 0 aliphatic rings. The molecule has 5 aromatic heterocycles. The average Bonchev–Trinajstić information content (AvgIpc) is 4.15. The van der Waals surface area contributed by atoms with Gasteiger partial charge in [0.15, 0.2) is 0 Å². The van der Waals surface area contributed by atoms with E-state index in [4.69, 9.17) is 4.42 Å². The van der Waals surface area contributed by atoms with Gasteiger partial charge in [-0.2, -0.15) is 0 Å². The topological polar surface area (TPSA) is 27.4 Å². The lowest BCUT2D eigenvalue weighted by atomic mass is 9.98. The van der Waals surface area contributed by atoms with Gasteiger partial charge in [-0.15, -0.1) is 0 Å². The van der Waals surface area contributed by atoms with E-state index in [2.05, 4.69) is 214 Å². The lowest BCUT2D eigenvalue weighted by molar-refractivity contribution is 0.668. The van der Waals surface area contributed by atoms with E-state index in [-0.39, 0.29) is 0 Å². The van der Waals surface area contributed by atoms with Crippen LogP contribution in [0.2, 0.25) is 0 Å². The van der Waals surface area contributed by atoms with E-state index in [1.54, 1.807) is 0 Å². The molecule has 5 heterocycles. The molecular weight excluding hydrogens is 779 g/mol. The molecule has 64 heavy (non-hydrogen) atoms. The second kappa shape index (κ2) is 12.5. The van der Waals surface area contributed by atoms with Crippen molar-refractivity contribution in [1.29, 1.82) is 0 Å². The first kappa shape index (κ1) is 34.0. The Bertz CT molecular complexity index is 4420. The molecule has 0 N–H and O–H groups in total. The molecule has 4 heteroatoms. The van der Waals surface area contributed by atoms with E-state index in [9.17, 15) is 0 Å². The van der Waals surface area contributed by atoms with Crippen LogP contribution in [0.4, 0.5) is 0 Å². The van der Waals surface area contributed by atoms with E-state index in [0.29, 0.717) is 0 Å². The smallest absolute Gasteiger partial charge is 0.137 e. The first-order chi connectivity index (χ1) is 31.7. The van der Waals surface area contributed by atoms with Crippen LogP contribution in [-0.2, 0) is 0 Å². The van der Waals surface area contributed by atoms with Crippen molar-refractivity contribution in [2.24, 2.45) is 0 Å². The monoisotopic (exact) mass is 813 g/mol. The molecule has 0 bridgehead atoms. The number of fused-ring (bicyclic) bond motifs is 15. The number of hydrogen-bond donors (Lipinski definition) is 0. The van der Waals surface area contributed by atoms with Crippen LogP contribution in [0.5, 0.6) is 0 Å². The minimum Gasteiger partial charge on any atom is -0.456 e. The number of benzene rings is 10. The molecule has 0 saturated carbocycles.